The summed E-state index contributed by atoms with van der Waals surface area (Å²) in [6.45, 7) is 2.55. The van der Waals surface area contributed by atoms with Crippen molar-refractivity contribution in [2.24, 2.45) is 0 Å². The van der Waals surface area contributed by atoms with Gasteiger partial charge in [-0.1, -0.05) is 60.7 Å². The van der Waals surface area contributed by atoms with Crippen LogP contribution >= 0.6 is 0 Å². The number of imidazole rings is 1. The normalized spacial score (nSPS) is 11.9. The minimum atomic E-state index is -3.58. The monoisotopic (exact) mass is 477 g/mol. The summed E-state index contributed by atoms with van der Waals surface area (Å²) in [7, 11) is -0.596. The fraction of sp³-hybridized carbons (Fsp3) is 0.231. The third-order valence-electron chi connectivity index (χ3n) is 5.74. The molecule has 0 fully saturated rings. The number of carbonyl (C=O) groups is 1. The van der Waals surface area contributed by atoms with Gasteiger partial charge >= 0.3 is 5.97 Å². The molecule has 1 heterocycles. The van der Waals surface area contributed by atoms with Crippen LogP contribution in [0.25, 0.3) is 11.0 Å². The van der Waals surface area contributed by atoms with Gasteiger partial charge in [-0.25, -0.2) is 17.7 Å². The second-order valence-corrected chi connectivity index (χ2v) is 10.2. The van der Waals surface area contributed by atoms with Crippen LogP contribution in [0.5, 0.6) is 0 Å². The van der Waals surface area contributed by atoms with Gasteiger partial charge in [0.05, 0.1) is 15.9 Å². The van der Waals surface area contributed by atoms with Crippen LogP contribution in [0, 0.1) is 0 Å². The number of nitrogens with zero attached hydrogens (tertiary/aromatic N) is 3. The molecule has 4 rings (SSSR count). The number of carbonyl (C=O) groups excluding carboxylic acids is 1. The smallest absolute Gasteiger partial charge is 0.318 e. The molecule has 0 aliphatic carbocycles. The first-order valence-corrected chi connectivity index (χ1v) is 12.4. The number of hydrogen-bond donors (Lipinski definition) is 0. The number of aromatic nitrogens is 2. The number of benzene rings is 3. The van der Waals surface area contributed by atoms with E-state index in [1.165, 1.54) is 18.4 Å². The van der Waals surface area contributed by atoms with Gasteiger partial charge in [0.15, 0.2) is 0 Å². The Morgan fingerprint density at radius 2 is 1.56 bits per heavy atom. The lowest BCUT2D eigenvalue weighted by Gasteiger charge is -2.17. The zero-order chi connectivity index (χ0) is 24.3. The maximum atomic E-state index is 13.2. The van der Waals surface area contributed by atoms with Crippen LogP contribution in [0.1, 0.15) is 29.8 Å². The zero-order valence-corrected chi connectivity index (χ0v) is 20.2. The Morgan fingerprint density at radius 3 is 2.09 bits per heavy atom. The highest BCUT2D eigenvalue weighted by molar-refractivity contribution is 7.89. The molecule has 4 aromatic rings. The van der Waals surface area contributed by atoms with E-state index in [9.17, 15) is 13.2 Å². The van der Waals surface area contributed by atoms with Crippen molar-refractivity contribution >= 4 is 27.0 Å². The molecule has 34 heavy (non-hydrogen) atoms. The number of sulfonamides is 1. The SMILES string of the molecule is CCn1c(COC(=O)C(c2ccccc2)c2ccccc2)nc2cc(S(=O)(=O)N(C)C)ccc21. The predicted molar refractivity (Wildman–Crippen MR) is 131 cm³/mol. The zero-order valence-electron chi connectivity index (χ0n) is 19.4. The van der Waals surface area contributed by atoms with Crippen molar-refractivity contribution in [1.82, 2.24) is 13.9 Å². The van der Waals surface area contributed by atoms with Crippen molar-refractivity contribution in [3.8, 4) is 0 Å². The first kappa shape index (κ1) is 23.7. The highest BCUT2D eigenvalue weighted by Gasteiger charge is 2.25. The highest BCUT2D eigenvalue weighted by atomic mass is 32.2. The van der Waals surface area contributed by atoms with Gasteiger partial charge in [0, 0.05) is 20.6 Å². The van der Waals surface area contributed by atoms with Gasteiger partial charge in [0.25, 0.3) is 0 Å². The van der Waals surface area contributed by atoms with Crippen LogP contribution in [-0.2, 0) is 32.7 Å². The summed E-state index contributed by atoms with van der Waals surface area (Å²) < 4.78 is 33.9. The molecule has 0 saturated heterocycles. The molecule has 0 N–H and O–H groups in total. The van der Waals surface area contributed by atoms with Crippen LogP contribution < -0.4 is 0 Å². The maximum Gasteiger partial charge on any atom is 0.318 e. The summed E-state index contributed by atoms with van der Waals surface area (Å²) in [5.41, 5.74) is 3.02. The number of esters is 1. The van der Waals surface area contributed by atoms with E-state index < -0.39 is 15.9 Å². The van der Waals surface area contributed by atoms with Crippen molar-refractivity contribution in [1.29, 1.82) is 0 Å². The Bertz CT molecular complexity index is 1360. The quantitative estimate of drug-likeness (QED) is 0.356. The second-order valence-electron chi connectivity index (χ2n) is 8.07. The predicted octanol–water partition coefficient (Wildman–Crippen LogP) is 4.18. The molecule has 0 unspecified atom stereocenters. The summed E-state index contributed by atoms with van der Waals surface area (Å²) >= 11 is 0. The fourth-order valence-corrected chi connectivity index (χ4v) is 4.89. The van der Waals surface area contributed by atoms with E-state index in [2.05, 4.69) is 4.98 Å². The molecule has 0 bridgehead atoms. The molecule has 1 aromatic heterocycles. The summed E-state index contributed by atoms with van der Waals surface area (Å²) in [5.74, 6) is -0.369. The number of fused-ring (bicyclic) bond motifs is 1. The molecule has 0 amide bonds. The molecule has 0 aliphatic rings. The standard InChI is InChI=1S/C26H27N3O4S/c1-4-29-23-16-15-21(34(31,32)28(2)3)17-22(23)27-24(29)18-33-26(30)25(19-11-7-5-8-12-19)20-13-9-6-10-14-20/h5-17,25H,4,18H2,1-3H3. The minimum Gasteiger partial charge on any atom is -0.457 e. The van der Waals surface area contributed by atoms with Gasteiger partial charge in [0.1, 0.15) is 18.3 Å². The first-order valence-electron chi connectivity index (χ1n) is 11.0. The van der Waals surface area contributed by atoms with Gasteiger partial charge in [-0.15, -0.1) is 0 Å². The van der Waals surface area contributed by atoms with Gasteiger partial charge in [-0.3, -0.25) is 4.79 Å². The minimum absolute atomic E-state index is 0.0206. The topological polar surface area (TPSA) is 81.5 Å². The van der Waals surface area contributed by atoms with Crippen molar-refractivity contribution in [2.75, 3.05) is 14.1 Å². The molecule has 0 aliphatic heterocycles. The first-order chi connectivity index (χ1) is 16.3. The Morgan fingerprint density at radius 1 is 0.971 bits per heavy atom. The van der Waals surface area contributed by atoms with Crippen molar-refractivity contribution in [3.63, 3.8) is 0 Å². The molecular weight excluding hydrogens is 450 g/mol. The summed E-state index contributed by atoms with van der Waals surface area (Å²) in [6, 6.07) is 23.9. The molecule has 0 atom stereocenters. The van der Waals surface area contributed by atoms with E-state index in [1.807, 2.05) is 72.2 Å². The van der Waals surface area contributed by atoms with E-state index in [0.717, 1.165) is 16.6 Å². The van der Waals surface area contributed by atoms with E-state index in [-0.39, 0.29) is 17.5 Å². The molecular formula is C26H27N3O4S. The molecule has 0 spiro atoms. The Kier molecular flexibility index (Phi) is 6.81. The van der Waals surface area contributed by atoms with E-state index in [0.29, 0.717) is 17.9 Å². The molecule has 176 valence electrons. The highest BCUT2D eigenvalue weighted by Crippen LogP contribution is 2.27. The molecule has 3 aromatic carbocycles. The Balaban J connectivity index is 1.63. The number of hydrogen-bond acceptors (Lipinski definition) is 5. The van der Waals surface area contributed by atoms with Crippen LogP contribution in [-0.4, -0.2) is 42.3 Å². The molecule has 0 radical (unpaired) electrons. The van der Waals surface area contributed by atoms with E-state index in [1.54, 1.807) is 18.2 Å². The van der Waals surface area contributed by atoms with Gasteiger partial charge < -0.3 is 9.30 Å². The lowest BCUT2D eigenvalue weighted by Crippen LogP contribution is -2.22. The largest absolute Gasteiger partial charge is 0.457 e. The average Bonchev–Trinajstić information content (AvgIpc) is 3.21. The van der Waals surface area contributed by atoms with Crippen molar-refractivity contribution in [2.45, 2.75) is 30.9 Å². The third-order valence-corrected chi connectivity index (χ3v) is 7.55. The average molecular weight is 478 g/mol. The van der Waals surface area contributed by atoms with Crippen LogP contribution in [0.2, 0.25) is 0 Å². The van der Waals surface area contributed by atoms with Crippen LogP contribution in [0.4, 0.5) is 0 Å². The van der Waals surface area contributed by atoms with Crippen LogP contribution in [0.3, 0.4) is 0 Å². The molecule has 0 saturated carbocycles. The summed E-state index contributed by atoms with van der Waals surface area (Å²) in [5, 5.41) is 0. The third kappa shape index (κ3) is 4.60. The maximum absolute atomic E-state index is 13.2. The van der Waals surface area contributed by atoms with Crippen molar-refractivity contribution < 1.29 is 17.9 Å². The molecule has 7 nitrogen and oxygen atoms in total. The van der Waals surface area contributed by atoms with Crippen LogP contribution in [0.15, 0.2) is 83.8 Å². The van der Waals surface area contributed by atoms with E-state index >= 15 is 0 Å². The Labute approximate surface area is 199 Å². The number of rotatable bonds is 8. The number of aryl methyl sites for hydroxylation is 1. The fourth-order valence-electron chi connectivity index (χ4n) is 3.97. The summed E-state index contributed by atoms with van der Waals surface area (Å²) in [6.07, 6.45) is 0. The van der Waals surface area contributed by atoms with Gasteiger partial charge in [0.2, 0.25) is 10.0 Å². The molecule has 8 heteroatoms. The lowest BCUT2D eigenvalue weighted by molar-refractivity contribution is -0.146. The lowest BCUT2D eigenvalue weighted by atomic mass is 9.91. The van der Waals surface area contributed by atoms with Crippen molar-refractivity contribution in [3.05, 3.63) is 95.8 Å². The summed E-state index contributed by atoms with van der Waals surface area (Å²) in [4.78, 5) is 18.0. The van der Waals surface area contributed by atoms with E-state index in [4.69, 9.17) is 4.74 Å². The van der Waals surface area contributed by atoms with Gasteiger partial charge in [-0.2, -0.15) is 0 Å². The van der Waals surface area contributed by atoms with Gasteiger partial charge in [-0.05, 0) is 36.2 Å². The number of ether oxygens (including phenoxy) is 1. The second kappa shape index (κ2) is 9.79. The Hall–Kier alpha value is -3.49.